The number of ether oxygens (including phenoxy) is 1. The molecule has 86 valence electrons. The maximum Gasteiger partial charge on any atom is 0.311 e. The van der Waals surface area contributed by atoms with E-state index in [0.717, 1.165) is 6.42 Å². The maximum absolute atomic E-state index is 11.1. The number of carbonyl (C=O) groups excluding carboxylic acids is 1. The Bertz CT molecular complexity index is 357. The highest BCUT2D eigenvalue weighted by Gasteiger charge is 2.03. The van der Waals surface area contributed by atoms with Crippen molar-refractivity contribution in [3.8, 4) is 0 Å². The molecule has 0 fully saturated rings. The largest absolute Gasteiger partial charge is 0.466 e. The monoisotopic (exact) mass is 238 g/mol. The smallest absolute Gasteiger partial charge is 0.311 e. The van der Waals surface area contributed by atoms with Crippen LogP contribution in [-0.2, 0) is 16.0 Å². The zero-order valence-electron chi connectivity index (χ0n) is 9.28. The maximum atomic E-state index is 11.1. The molecule has 0 unspecified atom stereocenters. The molecule has 0 bridgehead atoms. The lowest BCUT2D eigenvalue weighted by atomic mass is 10.1. The van der Waals surface area contributed by atoms with Crippen molar-refractivity contribution in [3.05, 3.63) is 47.0 Å². The summed E-state index contributed by atoms with van der Waals surface area (Å²) in [6, 6.07) is 9.95. The van der Waals surface area contributed by atoms with Gasteiger partial charge in [-0.1, -0.05) is 48.0 Å². The highest BCUT2D eigenvalue weighted by Crippen LogP contribution is 2.11. The van der Waals surface area contributed by atoms with Crippen LogP contribution in [0.5, 0.6) is 0 Å². The second kappa shape index (κ2) is 7.07. The van der Waals surface area contributed by atoms with Gasteiger partial charge in [0.05, 0.1) is 13.0 Å². The van der Waals surface area contributed by atoms with Crippen LogP contribution in [0.4, 0.5) is 0 Å². The zero-order valence-corrected chi connectivity index (χ0v) is 10.0. The Kier molecular flexibility index (Phi) is 5.65. The van der Waals surface area contributed by atoms with E-state index >= 15 is 0 Å². The predicted molar refractivity (Wildman–Crippen MR) is 65.3 cm³/mol. The Hall–Kier alpha value is -1.28. The lowest BCUT2D eigenvalue weighted by molar-refractivity contribution is -0.142. The summed E-state index contributed by atoms with van der Waals surface area (Å²) in [5, 5.41) is 0.530. The Labute approximate surface area is 101 Å². The minimum Gasteiger partial charge on any atom is -0.466 e. The van der Waals surface area contributed by atoms with Gasteiger partial charge < -0.3 is 4.74 Å². The Morgan fingerprint density at radius 3 is 2.69 bits per heavy atom. The standard InChI is InChI=1S/C13H15ClO2/c1-2-16-13(15)10-12(14)9-8-11-6-4-3-5-7-11/h3-7,9H,2,8,10H2,1H3/b12-9-. The third kappa shape index (κ3) is 4.99. The van der Waals surface area contributed by atoms with E-state index in [0.29, 0.717) is 11.6 Å². The molecule has 0 spiro atoms. The van der Waals surface area contributed by atoms with Gasteiger partial charge in [0.1, 0.15) is 0 Å². The highest BCUT2D eigenvalue weighted by atomic mass is 35.5. The number of carbonyl (C=O) groups is 1. The molecule has 1 aromatic rings. The summed E-state index contributed by atoms with van der Waals surface area (Å²) < 4.78 is 4.80. The number of rotatable bonds is 5. The molecule has 0 amide bonds. The summed E-state index contributed by atoms with van der Waals surface area (Å²) in [6.07, 6.45) is 2.73. The summed E-state index contributed by atoms with van der Waals surface area (Å²) in [7, 11) is 0. The van der Waals surface area contributed by atoms with Gasteiger partial charge in [-0.25, -0.2) is 0 Å². The van der Waals surface area contributed by atoms with Gasteiger partial charge in [-0.15, -0.1) is 0 Å². The average molecular weight is 239 g/mol. The van der Waals surface area contributed by atoms with Gasteiger partial charge in [-0.05, 0) is 18.9 Å². The first-order valence-corrected chi connectivity index (χ1v) is 5.64. The fourth-order valence-electron chi connectivity index (χ4n) is 1.26. The fourth-order valence-corrected chi connectivity index (χ4v) is 1.45. The minimum absolute atomic E-state index is 0.155. The zero-order chi connectivity index (χ0) is 11.8. The molecule has 1 aromatic carbocycles. The summed E-state index contributed by atoms with van der Waals surface area (Å²) in [5.74, 6) is -0.281. The van der Waals surface area contributed by atoms with Crippen molar-refractivity contribution in [2.75, 3.05) is 6.61 Å². The van der Waals surface area contributed by atoms with Gasteiger partial charge in [-0.2, -0.15) is 0 Å². The molecule has 1 rings (SSSR count). The van der Waals surface area contributed by atoms with E-state index in [9.17, 15) is 4.79 Å². The van der Waals surface area contributed by atoms with E-state index in [1.165, 1.54) is 5.56 Å². The first-order chi connectivity index (χ1) is 7.72. The van der Waals surface area contributed by atoms with Crippen LogP contribution in [-0.4, -0.2) is 12.6 Å². The van der Waals surface area contributed by atoms with Gasteiger partial charge >= 0.3 is 5.97 Å². The summed E-state index contributed by atoms with van der Waals surface area (Å²) in [6.45, 7) is 2.17. The van der Waals surface area contributed by atoms with Gasteiger partial charge in [0.25, 0.3) is 0 Å². The molecule has 0 N–H and O–H groups in total. The molecule has 16 heavy (non-hydrogen) atoms. The summed E-state index contributed by atoms with van der Waals surface area (Å²) >= 11 is 5.92. The molecule has 2 nitrogen and oxygen atoms in total. The average Bonchev–Trinajstić information content (AvgIpc) is 2.28. The van der Waals surface area contributed by atoms with Gasteiger partial charge in [0.15, 0.2) is 0 Å². The second-order valence-electron chi connectivity index (χ2n) is 3.32. The van der Waals surface area contributed by atoms with Crippen LogP contribution in [0.25, 0.3) is 0 Å². The van der Waals surface area contributed by atoms with Gasteiger partial charge in [-0.3, -0.25) is 4.79 Å². The molecular formula is C13H15ClO2. The molecule has 0 aliphatic rings. The summed E-state index contributed by atoms with van der Waals surface area (Å²) in [5.41, 5.74) is 1.17. The van der Waals surface area contributed by atoms with Crippen LogP contribution in [0, 0.1) is 0 Å². The van der Waals surface area contributed by atoms with Crippen LogP contribution in [0.2, 0.25) is 0 Å². The predicted octanol–water partition coefficient (Wildman–Crippen LogP) is 3.31. The topological polar surface area (TPSA) is 26.3 Å². The molecule has 0 radical (unpaired) electrons. The van der Waals surface area contributed by atoms with Crippen LogP contribution < -0.4 is 0 Å². The lowest BCUT2D eigenvalue weighted by Crippen LogP contribution is -2.03. The quantitative estimate of drug-likeness (QED) is 0.736. The van der Waals surface area contributed by atoms with Crippen molar-refractivity contribution in [1.29, 1.82) is 0 Å². The second-order valence-corrected chi connectivity index (χ2v) is 3.81. The van der Waals surface area contributed by atoms with Crippen LogP contribution in [0.1, 0.15) is 18.9 Å². The lowest BCUT2D eigenvalue weighted by Gasteiger charge is -2.00. The molecule has 3 heteroatoms. The first kappa shape index (κ1) is 12.8. The van der Waals surface area contributed by atoms with E-state index in [1.807, 2.05) is 36.4 Å². The number of hydrogen-bond donors (Lipinski definition) is 0. The first-order valence-electron chi connectivity index (χ1n) is 5.26. The van der Waals surface area contributed by atoms with Crippen molar-refractivity contribution < 1.29 is 9.53 Å². The fraction of sp³-hybridized carbons (Fsp3) is 0.308. The molecule has 0 heterocycles. The van der Waals surface area contributed by atoms with Crippen molar-refractivity contribution in [1.82, 2.24) is 0 Å². The van der Waals surface area contributed by atoms with Crippen LogP contribution in [0.15, 0.2) is 41.4 Å². The molecule has 0 saturated heterocycles. The summed E-state index contributed by atoms with van der Waals surface area (Å²) in [4.78, 5) is 11.1. The van der Waals surface area contributed by atoms with Gasteiger partial charge in [0, 0.05) is 5.03 Å². The number of hydrogen-bond acceptors (Lipinski definition) is 2. The number of halogens is 1. The SMILES string of the molecule is CCOC(=O)C/C(Cl)=C/Cc1ccccc1. The van der Waals surface area contributed by atoms with Crippen molar-refractivity contribution in [3.63, 3.8) is 0 Å². The van der Waals surface area contributed by atoms with E-state index < -0.39 is 0 Å². The molecular weight excluding hydrogens is 224 g/mol. The van der Waals surface area contributed by atoms with Crippen molar-refractivity contribution >= 4 is 17.6 Å². The Morgan fingerprint density at radius 1 is 1.38 bits per heavy atom. The number of benzene rings is 1. The van der Waals surface area contributed by atoms with Gasteiger partial charge in [0.2, 0.25) is 0 Å². The van der Waals surface area contributed by atoms with E-state index in [2.05, 4.69) is 0 Å². The van der Waals surface area contributed by atoms with Crippen molar-refractivity contribution in [2.45, 2.75) is 19.8 Å². The third-order valence-corrected chi connectivity index (χ3v) is 2.31. The molecule has 0 atom stereocenters. The Balaban J connectivity index is 2.42. The van der Waals surface area contributed by atoms with Crippen molar-refractivity contribution in [2.24, 2.45) is 0 Å². The van der Waals surface area contributed by atoms with Crippen LogP contribution >= 0.6 is 11.6 Å². The van der Waals surface area contributed by atoms with E-state index in [1.54, 1.807) is 6.92 Å². The third-order valence-electron chi connectivity index (χ3n) is 2.02. The minimum atomic E-state index is -0.281. The van der Waals surface area contributed by atoms with Crippen LogP contribution in [0.3, 0.4) is 0 Å². The number of allylic oxidation sites excluding steroid dienone is 1. The molecule has 0 saturated carbocycles. The van der Waals surface area contributed by atoms with E-state index in [4.69, 9.17) is 16.3 Å². The molecule has 0 aliphatic heterocycles. The highest BCUT2D eigenvalue weighted by molar-refractivity contribution is 6.30. The molecule has 0 aromatic heterocycles. The normalized spacial score (nSPS) is 11.2. The Morgan fingerprint density at radius 2 is 2.06 bits per heavy atom. The molecule has 0 aliphatic carbocycles. The van der Waals surface area contributed by atoms with E-state index in [-0.39, 0.29) is 12.4 Å². The number of esters is 1.